The highest BCUT2D eigenvalue weighted by Gasteiger charge is 2.10. The van der Waals surface area contributed by atoms with Crippen LogP contribution in [0.4, 0.5) is 0 Å². The summed E-state index contributed by atoms with van der Waals surface area (Å²) in [5.74, 6) is 0.234. The molecule has 4 N–H and O–H groups in total. The average molecular weight is 223 g/mol. The number of amidine groups is 1. The Morgan fingerprint density at radius 2 is 2.21 bits per heavy atom. The Balaban J connectivity index is 3.87. The van der Waals surface area contributed by atoms with Crippen molar-refractivity contribution in [3.63, 3.8) is 0 Å². The quantitative estimate of drug-likeness (QED) is 0.235. The summed E-state index contributed by atoms with van der Waals surface area (Å²) in [5, 5.41) is 14.0. The summed E-state index contributed by atoms with van der Waals surface area (Å²) >= 11 is 0. The van der Waals surface area contributed by atoms with Crippen LogP contribution >= 0.6 is 0 Å². The Labute approximate surface area is 84.1 Å². The zero-order chi connectivity index (χ0) is 11.2. The van der Waals surface area contributed by atoms with Gasteiger partial charge in [0.1, 0.15) is 0 Å². The zero-order valence-corrected chi connectivity index (χ0v) is 9.21. The number of sulfone groups is 1. The molecule has 0 aliphatic carbocycles. The van der Waals surface area contributed by atoms with E-state index >= 15 is 0 Å². The lowest BCUT2D eigenvalue weighted by Gasteiger charge is -2.11. The fourth-order valence-electron chi connectivity index (χ4n) is 0.766. The smallest absolute Gasteiger partial charge is 0.156 e. The fraction of sp³-hybridized carbons (Fsp3) is 0.857. The molecule has 0 aromatic rings. The normalized spacial score (nSPS) is 15.4. The molecule has 0 bridgehead atoms. The van der Waals surface area contributed by atoms with Gasteiger partial charge in [0, 0.05) is 12.3 Å². The van der Waals surface area contributed by atoms with Crippen molar-refractivity contribution >= 4 is 15.7 Å². The first-order valence-corrected chi connectivity index (χ1v) is 6.16. The molecular weight excluding hydrogens is 206 g/mol. The molecule has 0 amide bonds. The summed E-state index contributed by atoms with van der Waals surface area (Å²) < 4.78 is 22.1. The van der Waals surface area contributed by atoms with E-state index in [0.29, 0.717) is 6.54 Å². The van der Waals surface area contributed by atoms with Crippen LogP contribution in [-0.4, -0.2) is 43.6 Å². The molecule has 0 rings (SSSR count). The monoisotopic (exact) mass is 223 g/mol. The number of nitrogens with one attached hydrogen (secondary N) is 1. The van der Waals surface area contributed by atoms with Gasteiger partial charge < -0.3 is 16.3 Å². The summed E-state index contributed by atoms with van der Waals surface area (Å²) in [6.45, 7) is 3.59. The summed E-state index contributed by atoms with van der Waals surface area (Å²) in [6, 6.07) is -0.327. The van der Waals surface area contributed by atoms with E-state index in [1.807, 2.05) is 0 Å². The topological polar surface area (TPSA) is 105 Å². The van der Waals surface area contributed by atoms with Gasteiger partial charge in [0.15, 0.2) is 15.7 Å². The maximum Gasteiger partial charge on any atom is 0.156 e. The van der Waals surface area contributed by atoms with Crippen molar-refractivity contribution in [2.24, 2.45) is 10.9 Å². The number of nitrogens with zero attached hydrogens (tertiary/aromatic N) is 1. The van der Waals surface area contributed by atoms with E-state index in [2.05, 4.69) is 10.5 Å². The number of rotatable bonds is 6. The van der Waals surface area contributed by atoms with Crippen LogP contribution in [0.3, 0.4) is 0 Å². The second kappa shape index (κ2) is 5.82. The van der Waals surface area contributed by atoms with E-state index < -0.39 is 9.84 Å². The van der Waals surface area contributed by atoms with Crippen LogP contribution in [0.2, 0.25) is 0 Å². The molecule has 0 aromatic heterocycles. The van der Waals surface area contributed by atoms with Crippen molar-refractivity contribution in [3.8, 4) is 0 Å². The van der Waals surface area contributed by atoms with Crippen molar-refractivity contribution in [1.29, 1.82) is 0 Å². The Bertz CT molecular complexity index is 287. The van der Waals surface area contributed by atoms with Crippen molar-refractivity contribution in [2.45, 2.75) is 19.9 Å². The predicted octanol–water partition coefficient (Wildman–Crippen LogP) is -0.854. The third-order valence-electron chi connectivity index (χ3n) is 1.86. The Kier molecular flexibility index (Phi) is 5.47. The van der Waals surface area contributed by atoms with Gasteiger partial charge in [-0.2, -0.15) is 0 Å². The van der Waals surface area contributed by atoms with Gasteiger partial charge in [0.25, 0.3) is 0 Å². The predicted molar refractivity (Wildman–Crippen MR) is 55.2 cm³/mol. The van der Waals surface area contributed by atoms with Crippen molar-refractivity contribution in [1.82, 2.24) is 5.32 Å². The van der Waals surface area contributed by atoms with Gasteiger partial charge >= 0.3 is 0 Å². The molecule has 84 valence electrons. The minimum absolute atomic E-state index is 0.0406. The van der Waals surface area contributed by atoms with E-state index in [9.17, 15) is 8.42 Å². The molecule has 0 aliphatic rings. The van der Waals surface area contributed by atoms with Crippen LogP contribution in [0.15, 0.2) is 5.16 Å². The first-order valence-electron chi connectivity index (χ1n) is 4.34. The molecule has 0 fully saturated rings. The minimum atomic E-state index is -2.95. The molecule has 1 atom stereocenters. The van der Waals surface area contributed by atoms with Gasteiger partial charge in [-0.3, -0.25) is 0 Å². The van der Waals surface area contributed by atoms with Gasteiger partial charge in [-0.25, -0.2) is 8.42 Å². The van der Waals surface area contributed by atoms with E-state index in [-0.39, 0.29) is 23.4 Å². The number of hydrogen-bond donors (Lipinski definition) is 3. The molecule has 0 aliphatic heterocycles. The van der Waals surface area contributed by atoms with Gasteiger partial charge in [0.2, 0.25) is 0 Å². The maximum atomic E-state index is 11.1. The SMILES string of the molecule is CCS(=O)(=O)CCNC(C)C(N)=NO. The zero-order valence-electron chi connectivity index (χ0n) is 8.40. The van der Waals surface area contributed by atoms with E-state index in [1.165, 1.54) is 0 Å². The molecule has 0 spiro atoms. The second-order valence-corrected chi connectivity index (χ2v) is 5.41. The summed E-state index contributed by atoms with van der Waals surface area (Å²) in [4.78, 5) is 0. The largest absolute Gasteiger partial charge is 0.409 e. The van der Waals surface area contributed by atoms with Gasteiger partial charge in [-0.1, -0.05) is 12.1 Å². The van der Waals surface area contributed by atoms with Crippen LogP contribution < -0.4 is 11.1 Å². The lowest BCUT2D eigenvalue weighted by molar-refractivity contribution is 0.315. The molecule has 0 heterocycles. The molecule has 0 aromatic carbocycles. The third-order valence-corrected chi connectivity index (χ3v) is 3.57. The second-order valence-electron chi connectivity index (χ2n) is 2.94. The molecule has 0 saturated carbocycles. The van der Waals surface area contributed by atoms with Crippen LogP contribution in [0, 0.1) is 0 Å². The van der Waals surface area contributed by atoms with Crippen LogP contribution in [-0.2, 0) is 9.84 Å². The summed E-state index contributed by atoms with van der Waals surface area (Å²) in [7, 11) is -2.95. The third kappa shape index (κ3) is 5.03. The number of nitrogens with two attached hydrogens (primary N) is 1. The fourth-order valence-corrected chi connectivity index (χ4v) is 1.48. The van der Waals surface area contributed by atoms with Crippen molar-refractivity contribution < 1.29 is 13.6 Å². The molecule has 14 heavy (non-hydrogen) atoms. The van der Waals surface area contributed by atoms with Gasteiger partial charge in [-0.05, 0) is 6.92 Å². The molecule has 1 unspecified atom stereocenters. The number of oxime groups is 1. The van der Waals surface area contributed by atoms with Crippen molar-refractivity contribution in [2.75, 3.05) is 18.1 Å². The van der Waals surface area contributed by atoms with Crippen LogP contribution in [0.25, 0.3) is 0 Å². The Morgan fingerprint density at radius 3 is 2.64 bits per heavy atom. The van der Waals surface area contributed by atoms with E-state index in [1.54, 1.807) is 13.8 Å². The number of hydrogen-bond acceptors (Lipinski definition) is 5. The molecule has 7 heteroatoms. The van der Waals surface area contributed by atoms with Crippen LogP contribution in [0.1, 0.15) is 13.8 Å². The van der Waals surface area contributed by atoms with Gasteiger partial charge in [0.05, 0.1) is 11.8 Å². The van der Waals surface area contributed by atoms with E-state index in [0.717, 1.165) is 0 Å². The highest BCUT2D eigenvalue weighted by molar-refractivity contribution is 7.91. The highest BCUT2D eigenvalue weighted by atomic mass is 32.2. The maximum absolute atomic E-state index is 11.1. The standard InChI is InChI=1S/C7H17N3O3S/c1-3-14(12,13)5-4-9-6(2)7(8)10-11/h6,9,11H,3-5H2,1-2H3,(H2,8,10). The molecule has 0 saturated heterocycles. The lowest BCUT2D eigenvalue weighted by atomic mass is 10.3. The highest BCUT2D eigenvalue weighted by Crippen LogP contribution is 1.88. The van der Waals surface area contributed by atoms with E-state index in [4.69, 9.17) is 10.9 Å². The Morgan fingerprint density at radius 1 is 1.64 bits per heavy atom. The van der Waals surface area contributed by atoms with Gasteiger partial charge in [-0.15, -0.1) is 0 Å². The van der Waals surface area contributed by atoms with Crippen molar-refractivity contribution in [3.05, 3.63) is 0 Å². The minimum Gasteiger partial charge on any atom is -0.409 e. The molecular formula is C7H17N3O3S. The summed E-state index contributed by atoms with van der Waals surface area (Å²) in [5.41, 5.74) is 5.29. The first kappa shape index (κ1) is 13.2. The lowest BCUT2D eigenvalue weighted by Crippen LogP contribution is -2.41. The molecule has 0 radical (unpaired) electrons. The summed E-state index contributed by atoms with van der Waals surface area (Å²) in [6.07, 6.45) is 0. The Hall–Kier alpha value is -0.820. The van der Waals surface area contributed by atoms with Crippen LogP contribution in [0.5, 0.6) is 0 Å². The first-order chi connectivity index (χ1) is 6.43. The molecule has 6 nitrogen and oxygen atoms in total. The average Bonchev–Trinajstić information content (AvgIpc) is 2.16.